The third-order valence-corrected chi connectivity index (χ3v) is 5.79. The molecule has 1 fully saturated rings. The Labute approximate surface area is 163 Å². The molecule has 1 amide bonds. The number of hydrogen-bond donors (Lipinski definition) is 1. The summed E-state index contributed by atoms with van der Waals surface area (Å²) in [4.78, 5) is 13.8. The van der Waals surface area contributed by atoms with Crippen LogP contribution in [0.2, 0.25) is 0 Å². The minimum atomic E-state index is -0.125. The Morgan fingerprint density at radius 3 is 2.74 bits per heavy atom. The van der Waals surface area contributed by atoms with Gasteiger partial charge in [0.25, 0.3) is 5.91 Å². The van der Waals surface area contributed by atoms with Crippen LogP contribution in [0.25, 0.3) is 0 Å². The highest BCUT2D eigenvalue weighted by atomic mass is 32.2. The summed E-state index contributed by atoms with van der Waals surface area (Å²) < 4.78 is 17.0. The van der Waals surface area contributed by atoms with E-state index in [2.05, 4.69) is 5.32 Å². The molecule has 2 aromatic carbocycles. The van der Waals surface area contributed by atoms with Gasteiger partial charge in [0.2, 0.25) is 0 Å². The zero-order valence-electron chi connectivity index (χ0n) is 15.1. The van der Waals surface area contributed by atoms with E-state index in [0.29, 0.717) is 30.2 Å². The summed E-state index contributed by atoms with van der Waals surface area (Å²) in [5, 5.41) is 2.98. The molecule has 6 heteroatoms. The van der Waals surface area contributed by atoms with Crippen LogP contribution in [0.15, 0.2) is 47.4 Å². The Balaban J connectivity index is 1.45. The summed E-state index contributed by atoms with van der Waals surface area (Å²) in [6, 6.07) is 13.2. The molecule has 1 N–H and O–H groups in total. The molecule has 5 nitrogen and oxygen atoms in total. The van der Waals surface area contributed by atoms with Gasteiger partial charge in [-0.05, 0) is 37.1 Å². The van der Waals surface area contributed by atoms with E-state index in [4.69, 9.17) is 14.2 Å². The average Bonchev–Trinajstić information content (AvgIpc) is 3.11. The summed E-state index contributed by atoms with van der Waals surface area (Å²) in [7, 11) is 0. The van der Waals surface area contributed by atoms with Gasteiger partial charge in [0.1, 0.15) is 0 Å². The standard InChI is InChI=1S/C21H23NO4S/c23-21(22-15-8-9-18-19(13-15)26-12-4-11-25-18)17-6-1-2-7-20(17)27-14-16-5-3-10-24-16/h1-2,6-9,13,16H,3-5,10-12,14H2,(H,22,23). The van der Waals surface area contributed by atoms with Gasteiger partial charge < -0.3 is 19.5 Å². The number of amides is 1. The number of hydrogen-bond acceptors (Lipinski definition) is 5. The molecule has 142 valence electrons. The van der Waals surface area contributed by atoms with E-state index in [1.54, 1.807) is 11.8 Å². The summed E-state index contributed by atoms with van der Waals surface area (Å²) in [5.41, 5.74) is 1.37. The highest BCUT2D eigenvalue weighted by Gasteiger charge is 2.18. The minimum absolute atomic E-state index is 0.125. The molecule has 2 aliphatic heterocycles. The molecule has 2 aliphatic rings. The molecule has 1 saturated heterocycles. The van der Waals surface area contributed by atoms with E-state index in [9.17, 15) is 4.79 Å². The highest BCUT2D eigenvalue weighted by Crippen LogP contribution is 2.33. The van der Waals surface area contributed by atoms with Crippen molar-refractivity contribution in [3.05, 3.63) is 48.0 Å². The summed E-state index contributed by atoms with van der Waals surface area (Å²) in [5.74, 6) is 2.14. The predicted molar refractivity (Wildman–Crippen MR) is 106 cm³/mol. The largest absolute Gasteiger partial charge is 0.490 e. The number of nitrogens with one attached hydrogen (secondary N) is 1. The normalized spacial score (nSPS) is 18.7. The smallest absolute Gasteiger partial charge is 0.256 e. The molecule has 1 atom stereocenters. The maximum absolute atomic E-state index is 12.8. The van der Waals surface area contributed by atoms with Crippen LogP contribution in [0.1, 0.15) is 29.6 Å². The maximum atomic E-state index is 12.8. The van der Waals surface area contributed by atoms with Gasteiger partial charge in [-0.1, -0.05) is 12.1 Å². The van der Waals surface area contributed by atoms with Crippen LogP contribution in [-0.2, 0) is 4.74 Å². The van der Waals surface area contributed by atoms with Crippen molar-refractivity contribution in [3.8, 4) is 11.5 Å². The van der Waals surface area contributed by atoms with Crippen LogP contribution in [0.3, 0.4) is 0 Å². The van der Waals surface area contributed by atoms with Gasteiger partial charge in [0.05, 0.1) is 24.9 Å². The van der Waals surface area contributed by atoms with Crippen LogP contribution in [0.5, 0.6) is 11.5 Å². The maximum Gasteiger partial charge on any atom is 0.256 e. The third kappa shape index (κ3) is 4.57. The van der Waals surface area contributed by atoms with Crippen molar-refractivity contribution < 1.29 is 19.0 Å². The fourth-order valence-electron chi connectivity index (χ4n) is 3.18. The number of benzene rings is 2. The molecule has 0 aromatic heterocycles. The Bertz CT molecular complexity index is 805. The van der Waals surface area contributed by atoms with E-state index in [0.717, 1.165) is 42.3 Å². The number of carbonyl (C=O) groups is 1. The molecule has 2 heterocycles. The fourth-order valence-corrected chi connectivity index (χ4v) is 4.30. The van der Waals surface area contributed by atoms with Crippen molar-refractivity contribution in [3.63, 3.8) is 0 Å². The average molecular weight is 385 g/mol. The molecule has 2 aromatic rings. The fraction of sp³-hybridized carbons (Fsp3) is 0.381. The number of carbonyl (C=O) groups excluding carboxylic acids is 1. The van der Waals surface area contributed by atoms with Gasteiger partial charge in [-0.3, -0.25) is 4.79 Å². The van der Waals surface area contributed by atoms with E-state index in [1.807, 2.05) is 42.5 Å². The first kappa shape index (κ1) is 18.2. The molecule has 0 saturated carbocycles. The predicted octanol–water partition coefficient (Wildman–Crippen LogP) is 4.37. The van der Waals surface area contributed by atoms with Gasteiger partial charge in [-0.25, -0.2) is 0 Å². The monoisotopic (exact) mass is 385 g/mol. The van der Waals surface area contributed by atoms with Gasteiger partial charge in [-0.15, -0.1) is 11.8 Å². The first-order chi connectivity index (χ1) is 13.3. The van der Waals surface area contributed by atoms with Crippen molar-refractivity contribution in [1.29, 1.82) is 0 Å². The lowest BCUT2D eigenvalue weighted by molar-refractivity contribution is 0.102. The van der Waals surface area contributed by atoms with Gasteiger partial charge in [0.15, 0.2) is 11.5 Å². The van der Waals surface area contributed by atoms with Crippen LogP contribution < -0.4 is 14.8 Å². The zero-order chi connectivity index (χ0) is 18.5. The Hall–Kier alpha value is -2.18. The number of fused-ring (bicyclic) bond motifs is 1. The lowest BCUT2D eigenvalue weighted by Gasteiger charge is -2.13. The van der Waals surface area contributed by atoms with E-state index >= 15 is 0 Å². The number of thioether (sulfide) groups is 1. The molecule has 0 spiro atoms. The molecule has 27 heavy (non-hydrogen) atoms. The second-order valence-corrected chi connectivity index (χ2v) is 7.67. The molecule has 0 bridgehead atoms. The quantitative estimate of drug-likeness (QED) is 0.775. The van der Waals surface area contributed by atoms with Gasteiger partial charge >= 0.3 is 0 Å². The zero-order valence-corrected chi connectivity index (χ0v) is 15.9. The van der Waals surface area contributed by atoms with Crippen molar-refractivity contribution in [1.82, 2.24) is 0 Å². The lowest BCUT2D eigenvalue weighted by Crippen LogP contribution is -2.14. The Morgan fingerprint density at radius 2 is 1.89 bits per heavy atom. The first-order valence-corrected chi connectivity index (χ1v) is 10.3. The molecular formula is C21H23NO4S. The number of anilines is 1. The SMILES string of the molecule is O=C(Nc1ccc2c(c1)OCCCO2)c1ccccc1SCC1CCCO1. The first-order valence-electron chi connectivity index (χ1n) is 9.34. The second-order valence-electron chi connectivity index (χ2n) is 6.61. The molecule has 1 unspecified atom stereocenters. The summed E-state index contributed by atoms with van der Waals surface area (Å²) in [6.45, 7) is 2.11. The van der Waals surface area contributed by atoms with E-state index in [1.165, 1.54) is 0 Å². The van der Waals surface area contributed by atoms with Crippen molar-refractivity contribution in [2.75, 3.05) is 30.9 Å². The molecule has 4 rings (SSSR count). The Morgan fingerprint density at radius 1 is 1.04 bits per heavy atom. The van der Waals surface area contributed by atoms with Crippen LogP contribution in [0.4, 0.5) is 5.69 Å². The van der Waals surface area contributed by atoms with Crippen molar-refractivity contribution >= 4 is 23.4 Å². The van der Waals surface area contributed by atoms with Gasteiger partial charge in [-0.2, -0.15) is 0 Å². The van der Waals surface area contributed by atoms with Gasteiger partial charge in [0, 0.05) is 35.4 Å². The third-order valence-electron chi connectivity index (χ3n) is 4.59. The van der Waals surface area contributed by atoms with E-state index < -0.39 is 0 Å². The highest BCUT2D eigenvalue weighted by molar-refractivity contribution is 7.99. The topological polar surface area (TPSA) is 56.8 Å². The lowest BCUT2D eigenvalue weighted by atomic mass is 10.2. The van der Waals surface area contributed by atoms with Crippen molar-refractivity contribution in [2.24, 2.45) is 0 Å². The minimum Gasteiger partial charge on any atom is -0.490 e. The number of ether oxygens (including phenoxy) is 3. The second kappa shape index (κ2) is 8.67. The molecule has 0 radical (unpaired) electrons. The van der Waals surface area contributed by atoms with Crippen LogP contribution >= 0.6 is 11.8 Å². The molecular weight excluding hydrogens is 362 g/mol. The van der Waals surface area contributed by atoms with Crippen LogP contribution in [0, 0.1) is 0 Å². The summed E-state index contributed by atoms with van der Waals surface area (Å²) in [6.07, 6.45) is 3.36. The van der Waals surface area contributed by atoms with Crippen molar-refractivity contribution in [2.45, 2.75) is 30.3 Å². The Kier molecular flexibility index (Phi) is 5.84. The molecule has 0 aliphatic carbocycles. The van der Waals surface area contributed by atoms with Crippen LogP contribution in [-0.4, -0.2) is 37.6 Å². The number of rotatable bonds is 5. The summed E-state index contributed by atoms with van der Waals surface area (Å²) >= 11 is 1.68. The van der Waals surface area contributed by atoms with E-state index in [-0.39, 0.29) is 12.0 Å².